The van der Waals surface area contributed by atoms with Crippen LogP contribution < -0.4 is 4.90 Å². The number of aromatic nitrogens is 1. The van der Waals surface area contributed by atoms with Gasteiger partial charge < -0.3 is 4.90 Å². The summed E-state index contributed by atoms with van der Waals surface area (Å²) in [5.74, 6) is 1.04. The summed E-state index contributed by atoms with van der Waals surface area (Å²) < 4.78 is 0. The molecule has 3 nitrogen and oxygen atoms in total. The van der Waals surface area contributed by atoms with E-state index >= 15 is 0 Å². The molecular weight excluding hydrogens is 186 g/mol. The van der Waals surface area contributed by atoms with E-state index in [9.17, 15) is 0 Å². The topological polar surface area (TPSA) is 28.5 Å². The summed E-state index contributed by atoms with van der Waals surface area (Å²) in [7, 11) is 0. The molecule has 1 aromatic rings. The third-order valence-corrected chi connectivity index (χ3v) is 2.62. The van der Waals surface area contributed by atoms with Crippen LogP contribution in [0, 0.1) is 0 Å². The van der Waals surface area contributed by atoms with E-state index in [2.05, 4.69) is 28.7 Å². The van der Waals surface area contributed by atoms with Crippen LogP contribution in [0.5, 0.6) is 0 Å². The number of hydrogen-bond acceptors (Lipinski definition) is 3. The maximum Gasteiger partial charge on any atom is 0.154 e. The maximum atomic E-state index is 4.61. The second-order valence-corrected chi connectivity index (χ2v) is 3.80. The van der Waals surface area contributed by atoms with Crippen molar-refractivity contribution in [2.24, 2.45) is 4.99 Å². The highest BCUT2D eigenvalue weighted by molar-refractivity contribution is 5.94. The predicted octanol–water partition coefficient (Wildman–Crippen LogP) is 2.79. The summed E-state index contributed by atoms with van der Waals surface area (Å²) in [4.78, 5) is 11.3. The summed E-state index contributed by atoms with van der Waals surface area (Å²) >= 11 is 0. The molecule has 0 amide bonds. The first-order valence-corrected chi connectivity index (χ1v) is 5.61. The van der Waals surface area contributed by atoms with Gasteiger partial charge in [0.15, 0.2) is 5.82 Å². The van der Waals surface area contributed by atoms with Gasteiger partial charge in [-0.3, -0.25) is 4.99 Å². The van der Waals surface area contributed by atoms with Gasteiger partial charge in [0, 0.05) is 18.5 Å². The molecule has 3 heteroatoms. The highest BCUT2D eigenvalue weighted by Crippen LogP contribution is 2.29. The molecule has 2 rings (SSSR count). The molecular formula is C12H17N3. The third-order valence-electron chi connectivity index (χ3n) is 2.62. The second kappa shape index (κ2) is 4.43. The zero-order valence-electron chi connectivity index (χ0n) is 9.40. The van der Waals surface area contributed by atoms with Crippen molar-refractivity contribution in [2.75, 3.05) is 18.0 Å². The van der Waals surface area contributed by atoms with Crippen molar-refractivity contribution in [1.82, 2.24) is 4.98 Å². The minimum Gasteiger partial charge on any atom is -0.349 e. The molecule has 0 spiro atoms. The number of pyridine rings is 1. The number of hydrogen-bond donors (Lipinski definition) is 0. The SMILES string of the molecule is CCCN1CC(CC)=Nc2cccnc21. The molecule has 0 unspecified atom stereocenters. The Morgan fingerprint density at radius 1 is 1.40 bits per heavy atom. The van der Waals surface area contributed by atoms with E-state index in [-0.39, 0.29) is 0 Å². The van der Waals surface area contributed by atoms with Gasteiger partial charge in [-0.05, 0) is 25.0 Å². The van der Waals surface area contributed by atoms with E-state index < -0.39 is 0 Å². The highest BCUT2D eigenvalue weighted by Gasteiger charge is 2.18. The van der Waals surface area contributed by atoms with Crippen molar-refractivity contribution < 1.29 is 0 Å². The Bertz CT molecular complexity index is 371. The van der Waals surface area contributed by atoms with E-state index in [0.717, 1.165) is 37.4 Å². The zero-order chi connectivity index (χ0) is 10.7. The molecule has 0 fully saturated rings. The molecule has 0 N–H and O–H groups in total. The first-order chi connectivity index (χ1) is 7.35. The van der Waals surface area contributed by atoms with Crippen LogP contribution >= 0.6 is 0 Å². The summed E-state index contributed by atoms with van der Waals surface area (Å²) in [6, 6.07) is 3.99. The molecule has 0 aliphatic carbocycles. The molecule has 80 valence electrons. The largest absolute Gasteiger partial charge is 0.349 e. The normalized spacial score (nSPS) is 14.8. The Balaban J connectivity index is 2.35. The molecule has 1 aliphatic rings. The molecule has 0 aromatic carbocycles. The van der Waals surface area contributed by atoms with Crippen LogP contribution in [0.1, 0.15) is 26.7 Å². The van der Waals surface area contributed by atoms with Crippen LogP contribution in [0.4, 0.5) is 11.5 Å². The first kappa shape index (κ1) is 10.1. The second-order valence-electron chi connectivity index (χ2n) is 3.80. The number of rotatable bonds is 3. The lowest BCUT2D eigenvalue weighted by molar-refractivity contribution is 0.801. The van der Waals surface area contributed by atoms with E-state index in [4.69, 9.17) is 0 Å². The smallest absolute Gasteiger partial charge is 0.154 e. The molecule has 0 atom stereocenters. The molecule has 0 bridgehead atoms. The molecule has 15 heavy (non-hydrogen) atoms. The average Bonchev–Trinajstić information content (AvgIpc) is 2.29. The fourth-order valence-electron chi connectivity index (χ4n) is 1.87. The van der Waals surface area contributed by atoms with Gasteiger partial charge in [0.05, 0.1) is 6.54 Å². The average molecular weight is 203 g/mol. The van der Waals surface area contributed by atoms with Crippen LogP contribution in [0.25, 0.3) is 0 Å². The first-order valence-electron chi connectivity index (χ1n) is 5.61. The lowest BCUT2D eigenvalue weighted by atomic mass is 10.2. The minimum absolute atomic E-state index is 0.939. The van der Waals surface area contributed by atoms with Crippen LogP contribution in [0.3, 0.4) is 0 Å². The van der Waals surface area contributed by atoms with Crippen molar-refractivity contribution in [3.05, 3.63) is 18.3 Å². The van der Waals surface area contributed by atoms with Crippen molar-refractivity contribution in [3.63, 3.8) is 0 Å². The van der Waals surface area contributed by atoms with Gasteiger partial charge in [0.1, 0.15) is 5.69 Å². The Morgan fingerprint density at radius 3 is 3.00 bits per heavy atom. The molecule has 1 aliphatic heterocycles. The number of aliphatic imine (C=N–C) groups is 1. The monoisotopic (exact) mass is 203 g/mol. The summed E-state index contributed by atoms with van der Waals surface area (Å²) in [5, 5.41) is 0. The van der Waals surface area contributed by atoms with Gasteiger partial charge in [-0.25, -0.2) is 4.98 Å². The fraction of sp³-hybridized carbons (Fsp3) is 0.500. The van der Waals surface area contributed by atoms with Crippen molar-refractivity contribution in [2.45, 2.75) is 26.7 Å². The van der Waals surface area contributed by atoms with Gasteiger partial charge in [-0.2, -0.15) is 0 Å². The maximum absolute atomic E-state index is 4.61. The molecule has 0 saturated heterocycles. The Morgan fingerprint density at radius 2 is 2.27 bits per heavy atom. The van der Waals surface area contributed by atoms with Crippen molar-refractivity contribution in [3.8, 4) is 0 Å². The standard InChI is InChI=1S/C12H17N3/c1-3-8-15-9-10(4-2)14-11-6-5-7-13-12(11)15/h5-7H,3-4,8-9H2,1-2H3. The van der Waals surface area contributed by atoms with E-state index in [1.54, 1.807) is 0 Å². The zero-order valence-corrected chi connectivity index (χ0v) is 9.40. The third kappa shape index (κ3) is 2.01. The number of nitrogens with zero attached hydrogens (tertiary/aromatic N) is 3. The summed E-state index contributed by atoms with van der Waals surface area (Å²) in [6.45, 7) is 6.35. The van der Waals surface area contributed by atoms with Crippen LogP contribution in [0.2, 0.25) is 0 Å². The van der Waals surface area contributed by atoms with E-state index in [1.807, 2.05) is 18.3 Å². The molecule has 2 heterocycles. The van der Waals surface area contributed by atoms with E-state index in [0.29, 0.717) is 0 Å². The van der Waals surface area contributed by atoms with Crippen LogP contribution in [-0.2, 0) is 0 Å². The van der Waals surface area contributed by atoms with Gasteiger partial charge in [-0.15, -0.1) is 0 Å². The Hall–Kier alpha value is -1.38. The van der Waals surface area contributed by atoms with Crippen LogP contribution in [0.15, 0.2) is 23.3 Å². The lowest BCUT2D eigenvalue weighted by Gasteiger charge is -2.28. The quantitative estimate of drug-likeness (QED) is 0.755. The van der Waals surface area contributed by atoms with Gasteiger partial charge in [-0.1, -0.05) is 13.8 Å². The van der Waals surface area contributed by atoms with Gasteiger partial charge in [0.2, 0.25) is 0 Å². The lowest BCUT2D eigenvalue weighted by Crippen LogP contribution is -2.33. The minimum atomic E-state index is 0.939. The molecule has 0 radical (unpaired) electrons. The molecule has 0 saturated carbocycles. The predicted molar refractivity (Wildman–Crippen MR) is 64.1 cm³/mol. The van der Waals surface area contributed by atoms with E-state index in [1.165, 1.54) is 5.71 Å². The van der Waals surface area contributed by atoms with Crippen LogP contribution in [-0.4, -0.2) is 23.8 Å². The summed E-state index contributed by atoms with van der Waals surface area (Å²) in [6.07, 6.45) is 4.01. The van der Waals surface area contributed by atoms with Crippen molar-refractivity contribution >= 4 is 17.2 Å². The van der Waals surface area contributed by atoms with Gasteiger partial charge >= 0.3 is 0 Å². The fourth-order valence-corrected chi connectivity index (χ4v) is 1.87. The molecule has 1 aromatic heterocycles. The Labute approximate surface area is 90.9 Å². The number of anilines is 1. The van der Waals surface area contributed by atoms with Gasteiger partial charge in [0.25, 0.3) is 0 Å². The number of fused-ring (bicyclic) bond motifs is 1. The van der Waals surface area contributed by atoms with Crippen molar-refractivity contribution in [1.29, 1.82) is 0 Å². The highest BCUT2D eigenvalue weighted by atomic mass is 15.2. The Kier molecular flexibility index (Phi) is 2.99. The summed E-state index contributed by atoms with van der Waals surface area (Å²) in [5.41, 5.74) is 2.28.